The Hall–Kier alpha value is -1.35. The van der Waals surface area contributed by atoms with Gasteiger partial charge in [-0.25, -0.2) is 0 Å². The van der Waals surface area contributed by atoms with Crippen molar-refractivity contribution in [1.29, 1.82) is 0 Å². The lowest BCUT2D eigenvalue weighted by Gasteiger charge is -2.31. The molecule has 21 heavy (non-hydrogen) atoms. The highest BCUT2D eigenvalue weighted by Crippen LogP contribution is 2.37. The summed E-state index contributed by atoms with van der Waals surface area (Å²) < 4.78 is 0. The van der Waals surface area contributed by atoms with Crippen molar-refractivity contribution in [3.05, 3.63) is 34.9 Å². The summed E-state index contributed by atoms with van der Waals surface area (Å²) in [6, 6.07) is 6.66. The maximum atomic E-state index is 11.7. The van der Waals surface area contributed by atoms with Gasteiger partial charge in [-0.3, -0.25) is 9.69 Å². The van der Waals surface area contributed by atoms with E-state index >= 15 is 0 Å². The van der Waals surface area contributed by atoms with Crippen LogP contribution in [-0.2, 0) is 17.6 Å². The summed E-state index contributed by atoms with van der Waals surface area (Å²) in [5.74, 6) is -0.830. The second-order valence-corrected chi connectivity index (χ2v) is 7.51. The first-order chi connectivity index (χ1) is 9.86. The number of rotatable bonds is 2. The fourth-order valence-corrected chi connectivity index (χ4v) is 3.76. The van der Waals surface area contributed by atoms with Crippen LogP contribution in [0.25, 0.3) is 0 Å². The number of hydrogen-bond donors (Lipinski definition) is 1. The van der Waals surface area contributed by atoms with Crippen LogP contribution in [0.5, 0.6) is 0 Å². The van der Waals surface area contributed by atoms with Crippen molar-refractivity contribution in [3.63, 3.8) is 0 Å². The molecule has 0 saturated carbocycles. The molecule has 0 bridgehead atoms. The lowest BCUT2D eigenvalue weighted by molar-refractivity contribution is -0.141. The Morgan fingerprint density at radius 2 is 1.90 bits per heavy atom. The summed E-state index contributed by atoms with van der Waals surface area (Å²) in [6.45, 7) is 7.99. The zero-order valence-electron chi connectivity index (χ0n) is 13.2. The predicted molar refractivity (Wildman–Crippen MR) is 83.7 cm³/mol. The molecule has 3 rings (SSSR count). The molecule has 0 amide bonds. The van der Waals surface area contributed by atoms with E-state index in [4.69, 9.17) is 0 Å². The number of fused-ring (bicyclic) bond motifs is 1. The number of hydrogen-bond acceptors (Lipinski definition) is 2. The van der Waals surface area contributed by atoms with E-state index in [0.717, 1.165) is 13.0 Å². The highest BCUT2D eigenvalue weighted by Gasteiger charge is 2.42. The van der Waals surface area contributed by atoms with Crippen LogP contribution < -0.4 is 0 Å². The molecule has 1 heterocycles. The topological polar surface area (TPSA) is 40.5 Å². The number of benzene rings is 1. The molecule has 1 fully saturated rings. The molecule has 3 nitrogen and oxygen atoms in total. The monoisotopic (exact) mass is 287 g/mol. The van der Waals surface area contributed by atoms with Crippen molar-refractivity contribution < 1.29 is 9.90 Å². The standard InChI is InChI=1S/C18H25NO2/c1-18(2,3)19-10-15(16(11-19)17(20)21)14-8-7-12-5-4-6-13(12)9-14/h7-9,15-16H,4-6,10-11H2,1-3H3,(H,20,21). The molecule has 0 spiro atoms. The van der Waals surface area contributed by atoms with Gasteiger partial charge in [0.1, 0.15) is 0 Å². The predicted octanol–water partition coefficient (Wildman–Crippen LogP) is 3.07. The van der Waals surface area contributed by atoms with Crippen molar-refractivity contribution in [2.75, 3.05) is 13.1 Å². The van der Waals surface area contributed by atoms with Gasteiger partial charge in [0.25, 0.3) is 0 Å². The Labute approximate surface area is 127 Å². The molecule has 1 aromatic carbocycles. The van der Waals surface area contributed by atoms with Gasteiger partial charge in [-0.2, -0.15) is 0 Å². The van der Waals surface area contributed by atoms with Crippen LogP contribution >= 0.6 is 0 Å². The average molecular weight is 287 g/mol. The lowest BCUT2D eigenvalue weighted by Crippen LogP contribution is -2.40. The third kappa shape index (κ3) is 2.71. The Morgan fingerprint density at radius 1 is 1.19 bits per heavy atom. The molecule has 1 N–H and O–H groups in total. The zero-order chi connectivity index (χ0) is 15.2. The number of aliphatic carboxylic acids is 1. The van der Waals surface area contributed by atoms with Gasteiger partial charge in [0.05, 0.1) is 5.92 Å². The van der Waals surface area contributed by atoms with E-state index in [0.29, 0.717) is 6.54 Å². The second kappa shape index (κ2) is 5.13. The minimum absolute atomic E-state index is 0.0270. The second-order valence-electron chi connectivity index (χ2n) is 7.51. The normalized spacial score (nSPS) is 26.0. The van der Waals surface area contributed by atoms with Crippen LogP contribution in [0.2, 0.25) is 0 Å². The number of nitrogens with zero attached hydrogens (tertiary/aromatic N) is 1. The van der Waals surface area contributed by atoms with E-state index < -0.39 is 5.97 Å². The Kier molecular flexibility index (Phi) is 3.56. The van der Waals surface area contributed by atoms with Crippen LogP contribution in [0, 0.1) is 5.92 Å². The summed E-state index contributed by atoms with van der Waals surface area (Å²) in [7, 11) is 0. The van der Waals surface area contributed by atoms with E-state index in [-0.39, 0.29) is 17.4 Å². The third-order valence-electron chi connectivity index (χ3n) is 5.14. The minimum atomic E-state index is -0.660. The summed E-state index contributed by atoms with van der Waals surface area (Å²) in [4.78, 5) is 14.0. The molecule has 2 unspecified atom stereocenters. The van der Waals surface area contributed by atoms with E-state index in [1.165, 1.54) is 29.5 Å². The van der Waals surface area contributed by atoms with Crippen LogP contribution in [0.15, 0.2) is 18.2 Å². The Balaban J connectivity index is 1.90. The Morgan fingerprint density at radius 3 is 2.57 bits per heavy atom. The number of carboxylic acids is 1. The van der Waals surface area contributed by atoms with Gasteiger partial charge in [0.2, 0.25) is 0 Å². The number of carbonyl (C=O) groups is 1. The first-order valence-corrected chi connectivity index (χ1v) is 7.96. The van der Waals surface area contributed by atoms with Crippen molar-refractivity contribution in [2.45, 2.75) is 51.5 Å². The van der Waals surface area contributed by atoms with Crippen LogP contribution in [-0.4, -0.2) is 34.6 Å². The smallest absolute Gasteiger partial charge is 0.308 e. The first kappa shape index (κ1) is 14.6. The summed E-state index contributed by atoms with van der Waals surface area (Å²) in [6.07, 6.45) is 3.56. The van der Waals surface area contributed by atoms with Gasteiger partial charge in [-0.15, -0.1) is 0 Å². The van der Waals surface area contributed by atoms with Crippen molar-refractivity contribution in [2.24, 2.45) is 5.92 Å². The Bertz CT molecular complexity index is 559. The molecule has 2 aliphatic rings. The largest absolute Gasteiger partial charge is 0.481 e. The number of likely N-dealkylation sites (tertiary alicyclic amines) is 1. The number of carboxylic acid groups (broad SMARTS) is 1. The molecule has 114 valence electrons. The molecular formula is C18H25NO2. The van der Waals surface area contributed by atoms with Gasteiger partial charge in [0, 0.05) is 24.5 Å². The zero-order valence-corrected chi connectivity index (χ0v) is 13.2. The van der Waals surface area contributed by atoms with Gasteiger partial charge in [-0.1, -0.05) is 18.2 Å². The molecular weight excluding hydrogens is 262 g/mol. The molecule has 1 aliphatic heterocycles. The van der Waals surface area contributed by atoms with E-state index in [9.17, 15) is 9.90 Å². The molecule has 2 atom stereocenters. The molecule has 1 aromatic rings. The molecule has 3 heteroatoms. The summed E-state index contributed by atoms with van der Waals surface area (Å²) in [5, 5.41) is 9.60. The molecule has 0 aromatic heterocycles. The van der Waals surface area contributed by atoms with Crippen molar-refractivity contribution >= 4 is 5.97 Å². The molecule has 1 saturated heterocycles. The SMILES string of the molecule is CC(C)(C)N1CC(C(=O)O)C(c2ccc3c(c2)CCC3)C1. The maximum absolute atomic E-state index is 11.7. The molecule has 1 aliphatic carbocycles. The van der Waals surface area contributed by atoms with E-state index in [1.807, 2.05) is 0 Å². The first-order valence-electron chi connectivity index (χ1n) is 7.96. The van der Waals surface area contributed by atoms with Crippen LogP contribution in [0.1, 0.15) is 49.8 Å². The van der Waals surface area contributed by atoms with Crippen molar-refractivity contribution in [3.8, 4) is 0 Å². The van der Waals surface area contributed by atoms with Crippen molar-refractivity contribution in [1.82, 2.24) is 4.90 Å². The third-order valence-corrected chi connectivity index (χ3v) is 5.14. The quantitative estimate of drug-likeness (QED) is 0.909. The van der Waals surface area contributed by atoms with Crippen LogP contribution in [0.3, 0.4) is 0 Å². The molecule has 0 radical (unpaired) electrons. The fourth-order valence-electron chi connectivity index (χ4n) is 3.76. The van der Waals surface area contributed by atoms with E-state index in [1.54, 1.807) is 0 Å². The lowest BCUT2D eigenvalue weighted by atomic mass is 9.87. The average Bonchev–Trinajstić information content (AvgIpc) is 3.03. The van der Waals surface area contributed by atoms with Gasteiger partial charge in [0.15, 0.2) is 0 Å². The minimum Gasteiger partial charge on any atom is -0.481 e. The highest BCUT2D eigenvalue weighted by atomic mass is 16.4. The summed E-state index contributed by atoms with van der Waals surface area (Å²) >= 11 is 0. The summed E-state index contributed by atoms with van der Waals surface area (Å²) in [5.41, 5.74) is 4.14. The fraction of sp³-hybridized carbons (Fsp3) is 0.611. The number of aryl methyl sites for hydroxylation is 2. The van der Waals surface area contributed by atoms with Gasteiger partial charge in [-0.05, 0) is 56.7 Å². The maximum Gasteiger partial charge on any atom is 0.308 e. The van der Waals surface area contributed by atoms with E-state index in [2.05, 4.69) is 43.9 Å². The van der Waals surface area contributed by atoms with Crippen LogP contribution in [0.4, 0.5) is 0 Å². The highest BCUT2D eigenvalue weighted by molar-refractivity contribution is 5.72. The van der Waals surface area contributed by atoms with Gasteiger partial charge < -0.3 is 5.11 Å². The van der Waals surface area contributed by atoms with Gasteiger partial charge >= 0.3 is 5.97 Å².